The van der Waals surface area contributed by atoms with Crippen LogP contribution >= 0.6 is 0 Å². The van der Waals surface area contributed by atoms with Gasteiger partial charge in [0.05, 0.1) is 45.6 Å². The first-order valence-corrected chi connectivity index (χ1v) is 13.8. The fraction of sp³-hybridized carbons (Fsp3) is 0.321. The molecule has 4 aromatic heterocycles. The average molecular weight is 500 g/mol. The number of fused-ring (bicyclic) bond motifs is 3. The van der Waals surface area contributed by atoms with E-state index in [4.69, 9.17) is 14.7 Å². The molecule has 1 aromatic carbocycles. The normalized spacial score (nSPS) is 16.5. The van der Waals surface area contributed by atoms with Gasteiger partial charge in [0.25, 0.3) is 0 Å². The molecule has 1 saturated heterocycles. The third kappa shape index (κ3) is 3.85. The van der Waals surface area contributed by atoms with Gasteiger partial charge in [0.15, 0.2) is 0 Å². The molecule has 1 aliphatic heterocycles. The number of pyridine rings is 2. The summed E-state index contributed by atoms with van der Waals surface area (Å²) in [5.41, 5.74) is 7.01. The molecule has 184 valence electrons. The first kappa shape index (κ1) is 23.1. The first-order chi connectivity index (χ1) is 17.5. The lowest BCUT2D eigenvalue weighted by Crippen LogP contribution is -2.27. The van der Waals surface area contributed by atoms with Crippen molar-refractivity contribution in [1.82, 2.24) is 24.1 Å². The molecule has 0 amide bonds. The summed E-state index contributed by atoms with van der Waals surface area (Å²) in [5.74, 6) is 0.375. The van der Waals surface area contributed by atoms with E-state index in [1.54, 1.807) is 6.26 Å². The molecule has 8 heteroatoms. The molecule has 1 fully saturated rings. The number of aryl methyl sites for hydroxylation is 2. The van der Waals surface area contributed by atoms with E-state index in [9.17, 15) is 4.21 Å². The highest BCUT2D eigenvalue weighted by atomic mass is 32.2. The molecule has 0 saturated carbocycles. The molecule has 0 aliphatic carbocycles. The van der Waals surface area contributed by atoms with Gasteiger partial charge in [-0.05, 0) is 49.4 Å². The van der Waals surface area contributed by atoms with Gasteiger partial charge in [0.1, 0.15) is 10.7 Å². The fourth-order valence-corrected chi connectivity index (χ4v) is 6.08. The van der Waals surface area contributed by atoms with E-state index in [-0.39, 0.29) is 6.04 Å². The Morgan fingerprint density at radius 1 is 1.08 bits per heavy atom. The zero-order valence-electron chi connectivity index (χ0n) is 20.7. The Labute approximate surface area is 212 Å². The van der Waals surface area contributed by atoms with Crippen molar-refractivity contribution in [1.29, 1.82) is 0 Å². The molecule has 2 atom stereocenters. The topological polar surface area (TPSA) is 74.8 Å². The zero-order valence-corrected chi connectivity index (χ0v) is 21.5. The molecule has 1 aliphatic rings. The number of hydrogen-bond donors (Lipinski definition) is 0. The molecule has 6 rings (SSSR count). The van der Waals surface area contributed by atoms with Crippen molar-refractivity contribution in [2.24, 2.45) is 13.0 Å². The highest BCUT2D eigenvalue weighted by molar-refractivity contribution is 7.84. The largest absolute Gasteiger partial charge is 0.381 e. The van der Waals surface area contributed by atoms with Crippen LogP contribution in [0.1, 0.15) is 30.1 Å². The van der Waals surface area contributed by atoms with Gasteiger partial charge in [-0.2, -0.15) is 0 Å². The van der Waals surface area contributed by atoms with Crippen LogP contribution in [0.3, 0.4) is 0 Å². The number of ether oxygens (including phenoxy) is 1. The summed E-state index contributed by atoms with van der Waals surface area (Å²) in [6.45, 7) is 3.52. The lowest BCUT2D eigenvalue weighted by atomic mass is 9.86. The summed E-state index contributed by atoms with van der Waals surface area (Å²) in [6.07, 6.45) is 7.37. The monoisotopic (exact) mass is 499 g/mol. The van der Waals surface area contributed by atoms with Gasteiger partial charge >= 0.3 is 0 Å². The fourth-order valence-electron chi connectivity index (χ4n) is 5.60. The Bertz CT molecular complexity index is 1560. The van der Waals surface area contributed by atoms with Crippen molar-refractivity contribution >= 4 is 32.9 Å². The predicted molar refractivity (Wildman–Crippen MR) is 142 cm³/mol. The molecular weight excluding hydrogens is 470 g/mol. The van der Waals surface area contributed by atoms with E-state index in [2.05, 4.69) is 45.9 Å². The molecule has 0 bridgehead atoms. The van der Waals surface area contributed by atoms with E-state index in [1.165, 1.54) is 5.56 Å². The second-order valence-electron chi connectivity index (χ2n) is 9.53. The van der Waals surface area contributed by atoms with Crippen molar-refractivity contribution in [2.45, 2.75) is 30.8 Å². The predicted octanol–water partition coefficient (Wildman–Crippen LogP) is 5.05. The van der Waals surface area contributed by atoms with Crippen LogP contribution in [0.5, 0.6) is 0 Å². The quantitative estimate of drug-likeness (QED) is 0.338. The van der Waals surface area contributed by atoms with Crippen LogP contribution in [0.25, 0.3) is 33.3 Å². The third-order valence-electron chi connectivity index (χ3n) is 7.28. The molecular formula is C28H29N5O2S. The summed E-state index contributed by atoms with van der Waals surface area (Å²) >= 11 is 0. The number of nitrogens with zero attached hydrogens (tertiary/aromatic N) is 5. The van der Waals surface area contributed by atoms with Crippen molar-refractivity contribution in [3.05, 3.63) is 72.3 Å². The lowest BCUT2D eigenvalue weighted by molar-refractivity contribution is 0.0552. The second kappa shape index (κ2) is 9.26. The van der Waals surface area contributed by atoms with E-state index in [0.29, 0.717) is 10.9 Å². The van der Waals surface area contributed by atoms with Crippen molar-refractivity contribution < 1.29 is 8.95 Å². The van der Waals surface area contributed by atoms with Crippen LogP contribution < -0.4 is 0 Å². The van der Waals surface area contributed by atoms with Gasteiger partial charge in [-0.25, -0.2) is 9.97 Å². The van der Waals surface area contributed by atoms with Gasteiger partial charge in [0, 0.05) is 43.7 Å². The number of benzene rings is 1. The number of rotatable bonds is 5. The van der Waals surface area contributed by atoms with Crippen LogP contribution in [0.4, 0.5) is 0 Å². The Morgan fingerprint density at radius 2 is 1.86 bits per heavy atom. The minimum absolute atomic E-state index is 0.0489. The molecule has 5 heterocycles. The SMILES string of the molecule is Cc1ncn(C)c1-c1cnc2c3ccc(S(C)=O)nc3n([C@H](c3ccccc3)C3CCOCC3)c2c1. The Morgan fingerprint density at radius 3 is 2.56 bits per heavy atom. The summed E-state index contributed by atoms with van der Waals surface area (Å²) in [7, 11) is 0.820. The summed E-state index contributed by atoms with van der Waals surface area (Å²) in [5, 5.41) is 1.55. The number of imidazole rings is 1. The molecule has 0 N–H and O–H groups in total. The zero-order chi connectivity index (χ0) is 24.8. The molecule has 0 radical (unpaired) electrons. The Kier molecular flexibility index (Phi) is 5.93. The van der Waals surface area contributed by atoms with Crippen LogP contribution in [0.2, 0.25) is 0 Å². The van der Waals surface area contributed by atoms with Gasteiger partial charge in [0.2, 0.25) is 0 Å². The first-order valence-electron chi connectivity index (χ1n) is 12.3. The minimum Gasteiger partial charge on any atom is -0.381 e. The summed E-state index contributed by atoms with van der Waals surface area (Å²) in [4.78, 5) is 14.4. The Balaban J connectivity index is 1.69. The van der Waals surface area contributed by atoms with Crippen LogP contribution in [-0.2, 0) is 22.6 Å². The highest BCUT2D eigenvalue weighted by Gasteiger charge is 2.31. The van der Waals surface area contributed by atoms with E-state index >= 15 is 0 Å². The molecule has 1 unspecified atom stereocenters. The standard InChI is InChI=1S/C28H29N5O2S/c1-18-26(32(2)17-30-18)21-15-23-25(29-16-21)22-9-10-24(36(3)34)31-28(22)33(23)27(19-7-5-4-6-8-19)20-11-13-35-14-12-20/h4-10,15-17,20,27H,11-14H2,1-3H3/t27-,36?/m1/s1. The molecule has 36 heavy (non-hydrogen) atoms. The highest BCUT2D eigenvalue weighted by Crippen LogP contribution is 2.40. The van der Waals surface area contributed by atoms with Gasteiger partial charge < -0.3 is 13.9 Å². The number of hydrogen-bond acceptors (Lipinski definition) is 5. The minimum atomic E-state index is -1.19. The Hall–Kier alpha value is -3.36. The maximum atomic E-state index is 12.4. The number of aromatic nitrogens is 5. The summed E-state index contributed by atoms with van der Waals surface area (Å²) in [6, 6.07) is 16.8. The van der Waals surface area contributed by atoms with Crippen molar-refractivity contribution in [3.8, 4) is 11.3 Å². The van der Waals surface area contributed by atoms with Gasteiger partial charge in [-0.1, -0.05) is 30.3 Å². The van der Waals surface area contributed by atoms with Crippen LogP contribution in [0, 0.1) is 12.8 Å². The smallest absolute Gasteiger partial charge is 0.144 e. The van der Waals surface area contributed by atoms with E-state index in [1.807, 2.05) is 43.2 Å². The lowest BCUT2D eigenvalue weighted by Gasteiger charge is -2.32. The molecule has 0 spiro atoms. The maximum Gasteiger partial charge on any atom is 0.144 e. The van der Waals surface area contributed by atoms with Gasteiger partial charge in [-0.3, -0.25) is 9.19 Å². The van der Waals surface area contributed by atoms with Crippen molar-refractivity contribution in [3.63, 3.8) is 0 Å². The maximum absolute atomic E-state index is 12.4. The van der Waals surface area contributed by atoms with Crippen molar-refractivity contribution in [2.75, 3.05) is 19.5 Å². The molecule has 7 nitrogen and oxygen atoms in total. The van der Waals surface area contributed by atoms with Crippen LogP contribution in [-0.4, -0.2) is 47.8 Å². The molecule has 5 aromatic rings. The van der Waals surface area contributed by atoms with E-state index < -0.39 is 10.8 Å². The second-order valence-corrected chi connectivity index (χ2v) is 10.9. The van der Waals surface area contributed by atoms with Gasteiger partial charge in [-0.15, -0.1) is 0 Å². The average Bonchev–Trinajstić information content (AvgIpc) is 3.41. The van der Waals surface area contributed by atoms with Crippen LogP contribution in [0.15, 0.2) is 66.1 Å². The summed E-state index contributed by atoms with van der Waals surface area (Å²) < 4.78 is 22.6. The van der Waals surface area contributed by atoms with E-state index in [0.717, 1.165) is 65.1 Å². The third-order valence-corrected chi connectivity index (χ3v) is 8.10.